The molecule has 4 aromatic rings. The van der Waals surface area contributed by atoms with Crippen molar-refractivity contribution in [2.75, 3.05) is 40.5 Å². The number of fused-ring (bicyclic) bond motifs is 1. The van der Waals surface area contributed by atoms with Crippen LogP contribution in [0.2, 0.25) is 0 Å². The lowest BCUT2D eigenvalue weighted by Crippen LogP contribution is -2.35. The Balaban J connectivity index is 0.000000369. The van der Waals surface area contributed by atoms with Crippen molar-refractivity contribution in [1.29, 1.82) is 0 Å². The summed E-state index contributed by atoms with van der Waals surface area (Å²) in [5.74, 6) is 0.00440. The van der Waals surface area contributed by atoms with E-state index in [4.69, 9.17) is 15.2 Å². The second-order valence-corrected chi connectivity index (χ2v) is 11.5. The Kier molecular flexibility index (Phi) is 12.1. The summed E-state index contributed by atoms with van der Waals surface area (Å²) in [6.07, 6.45) is 3.57. The van der Waals surface area contributed by atoms with Gasteiger partial charge in [-0.3, -0.25) is 9.59 Å². The van der Waals surface area contributed by atoms with Gasteiger partial charge in [0.1, 0.15) is 24.0 Å². The number of carboxylic acid groups (broad SMARTS) is 1. The molecule has 9 heteroatoms. The summed E-state index contributed by atoms with van der Waals surface area (Å²) in [5.41, 5.74) is 9.57. The van der Waals surface area contributed by atoms with Crippen molar-refractivity contribution >= 4 is 22.6 Å². The number of halogens is 2. The second kappa shape index (κ2) is 16.2. The van der Waals surface area contributed by atoms with E-state index >= 15 is 0 Å². The lowest BCUT2D eigenvalue weighted by molar-refractivity contribution is -0.136. The van der Waals surface area contributed by atoms with E-state index in [2.05, 4.69) is 23.1 Å². The SMILES string of the molecule is COc1ccc(CC2CCN(CCF)CC2)c(OC)c1-c1cccc2c(CCC(=O)O)cccc12.Cc1cccc(F)c1C(N)=O. The average molecular weight is 633 g/mol. The summed E-state index contributed by atoms with van der Waals surface area (Å²) in [4.78, 5) is 24.0. The van der Waals surface area contributed by atoms with Gasteiger partial charge in [0, 0.05) is 13.0 Å². The maximum absolute atomic E-state index is 12.8. The first kappa shape index (κ1) is 34.4. The van der Waals surface area contributed by atoms with Crippen LogP contribution < -0.4 is 15.2 Å². The Morgan fingerprint density at radius 3 is 2.24 bits per heavy atom. The number of hydrogen-bond acceptors (Lipinski definition) is 5. The zero-order valence-electron chi connectivity index (χ0n) is 26.7. The highest BCUT2D eigenvalue weighted by Gasteiger charge is 2.24. The fourth-order valence-corrected chi connectivity index (χ4v) is 6.27. The predicted molar refractivity (Wildman–Crippen MR) is 177 cm³/mol. The first-order chi connectivity index (χ1) is 22.2. The number of benzene rings is 4. The number of nitrogens with two attached hydrogens (primary N) is 1. The third-order valence-corrected chi connectivity index (χ3v) is 8.60. The highest BCUT2D eigenvalue weighted by atomic mass is 19.1. The van der Waals surface area contributed by atoms with Crippen molar-refractivity contribution in [3.63, 3.8) is 0 Å². The summed E-state index contributed by atoms with van der Waals surface area (Å²) < 4.78 is 37.3. The number of primary amides is 1. The van der Waals surface area contributed by atoms with Gasteiger partial charge in [0.2, 0.25) is 0 Å². The number of piperidine rings is 1. The number of hydrogen-bond donors (Lipinski definition) is 2. The molecule has 0 aromatic heterocycles. The number of ether oxygens (including phenoxy) is 2. The van der Waals surface area contributed by atoms with Crippen molar-refractivity contribution in [2.45, 2.75) is 39.0 Å². The van der Waals surface area contributed by atoms with Crippen LogP contribution in [0.3, 0.4) is 0 Å². The molecule has 0 aliphatic carbocycles. The number of carbonyl (C=O) groups excluding carboxylic acids is 1. The Morgan fingerprint density at radius 2 is 1.63 bits per heavy atom. The van der Waals surface area contributed by atoms with E-state index in [1.807, 2.05) is 30.3 Å². The van der Waals surface area contributed by atoms with Gasteiger partial charge in [-0.25, -0.2) is 8.78 Å². The molecule has 0 spiro atoms. The van der Waals surface area contributed by atoms with Crippen LogP contribution in [0.4, 0.5) is 8.78 Å². The normalized spacial score (nSPS) is 13.6. The number of nitrogens with zero attached hydrogens (tertiary/aromatic N) is 1. The standard InChI is InChI=1S/C29H34FNO4.C8H8FNO/c1-34-26-11-9-22(19-20-13-16-31(17-14-20)18-15-30)29(35-2)28(26)25-8-4-6-23-21(10-12-27(32)33)5-3-7-24(23)25;1-5-3-2-4-6(9)7(5)8(10)11/h3-9,11,20H,10,12-19H2,1-2H3,(H,32,33);2-4H,1H3,(H2,10,11). The van der Waals surface area contributed by atoms with E-state index in [0.29, 0.717) is 24.4 Å². The number of carbonyl (C=O) groups is 2. The molecule has 4 aromatic carbocycles. The summed E-state index contributed by atoms with van der Waals surface area (Å²) in [6.45, 7) is 3.75. The monoisotopic (exact) mass is 632 g/mol. The van der Waals surface area contributed by atoms with Crippen molar-refractivity contribution in [3.05, 3.63) is 94.8 Å². The van der Waals surface area contributed by atoms with Crippen LogP contribution in [-0.2, 0) is 17.6 Å². The molecule has 1 saturated heterocycles. The van der Waals surface area contributed by atoms with Gasteiger partial charge >= 0.3 is 5.97 Å². The number of aliphatic carboxylic acids is 1. The van der Waals surface area contributed by atoms with E-state index in [9.17, 15) is 23.5 Å². The molecule has 7 nitrogen and oxygen atoms in total. The largest absolute Gasteiger partial charge is 0.496 e. The molecule has 1 aliphatic rings. The lowest BCUT2D eigenvalue weighted by Gasteiger charge is -2.31. The summed E-state index contributed by atoms with van der Waals surface area (Å²) >= 11 is 0. The van der Waals surface area contributed by atoms with Crippen LogP contribution in [0.1, 0.15) is 46.3 Å². The molecular weight excluding hydrogens is 590 g/mol. The van der Waals surface area contributed by atoms with Gasteiger partial charge in [-0.1, -0.05) is 54.6 Å². The van der Waals surface area contributed by atoms with E-state index in [1.54, 1.807) is 27.2 Å². The van der Waals surface area contributed by atoms with Crippen LogP contribution in [0, 0.1) is 18.7 Å². The zero-order chi connectivity index (χ0) is 33.2. The van der Waals surface area contributed by atoms with Crippen LogP contribution in [0.15, 0.2) is 66.7 Å². The maximum Gasteiger partial charge on any atom is 0.303 e. The molecule has 0 saturated carbocycles. The fraction of sp³-hybridized carbons (Fsp3) is 0.351. The minimum absolute atomic E-state index is 0.0208. The van der Waals surface area contributed by atoms with Crippen LogP contribution in [0.25, 0.3) is 21.9 Å². The molecule has 1 aliphatic heterocycles. The molecule has 0 bridgehead atoms. The highest BCUT2D eigenvalue weighted by Crippen LogP contribution is 2.45. The number of carboxylic acids is 1. The molecular formula is C37H42F2N2O5. The van der Waals surface area contributed by atoms with Gasteiger partial charge in [0.05, 0.1) is 25.3 Å². The third-order valence-electron chi connectivity index (χ3n) is 8.60. The van der Waals surface area contributed by atoms with E-state index in [0.717, 1.165) is 76.9 Å². The maximum atomic E-state index is 12.8. The van der Waals surface area contributed by atoms with Crippen LogP contribution in [-0.4, -0.2) is 62.4 Å². The van der Waals surface area contributed by atoms with Crippen molar-refractivity contribution in [2.24, 2.45) is 11.7 Å². The number of amides is 1. The molecule has 1 heterocycles. The molecule has 46 heavy (non-hydrogen) atoms. The Hall–Kier alpha value is -4.50. The van der Waals surface area contributed by atoms with Gasteiger partial charge in [-0.05, 0) is 96.8 Å². The first-order valence-corrected chi connectivity index (χ1v) is 15.5. The summed E-state index contributed by atoms with van der Waals surface area (Å²) in [7, 11) is 3.37. The molecule has 3 N–H and O–H groups in total. The van der Waals surface area contributed by atoms with Crippen molar-refractivity contribution in [1.82, 2.24) is 4.90 Å². The number of alkyl halides is 1. The average Bonchev–Trinajstić information content (AvgIpc) is 3.04. The summed E-state index contributed by atoms with van der Waals surface area (Å²) in [5, 5.41) is 11.3. The number of likely N-dealkylation sites (tertiary alicyclic amines) is 1. The van der Waals surface area contributed by atoms with Gasteiger partial charge in [0.15, 0.2) is 0 Å². The van der Waals surface area contributed by atoms with Gasteiger partial charge in [-0.2, -0.15) is 0 Å². The topological polar surface area (TPSA) is 102 Å². The van der Waals surface area contributed by atoms with E-state index < -0.39 is 17.7 Å². The molecule has 1 fully saturated rings. The number of aryl methyl sites for hydroxylation is 2. The predicted octanol–water partition coefficient (Wildman–Crippen LogP) is 7.00. The highest BCUT2D eigenvalue weighted by molar-refractivity contribution is 6.01. The summed E-state index contributed by atoms with van der Waals surface area (Å²) in [6, 6.07) is 20.7. The molecule has 0 radical (unpaired) electrons. The van der Waals surface area contributed by atoms with Crippen LogP contribution in [0.5, 0.6) is 11.5 Å². The van der Waals surface area contributed by atoms with Gasteiger partial charge < -0.3 is 25.2 Å². The quantitative estimate of drug-likeness (QED) is 0.185. The Morgan fingerprint density at radius 1 is 0.935 bits per heavy atom. The molecule has 244 valence electrons. The molecule has 1 amide bonds. The first-order valence-electron chi connectivity index (χ1n) is 15.5. The fourth-order valence-electron chi connectivity index (χ4n) is 6.27. The van der Waals surface area contributed by atoms with E-state index in [-0.39, 0.29) is 18.7 Å². The third kappa shape index (κ3) is 8.20. The van der Waals surface area contributed by atoms with Crippen molar-refractivity contribution in [3.8, 4) is 22.6 Å². The Labute approximate surface area is 268 Å². The molecule has 5 rings (SSSR count). The number of methoxy groups -OCH3 is 2. The van der Waals surface area contributed by atoms with Crippen molar-refractivity contribution < 1.29 is 33.0 Å². The number of rotatable bonds is 11. The molecule has 0 atom stereocenters. The minimum atomic E-state index is -0.801. The smallest absolute Gasteiger partial charge is 0.303 e. The Bertz CT molecular complexity index is 1650. The molecule has 0 unspecified atom stereocenters. The van der Waals surface area contributed by atoms with E-state index in [1.165, 1.54) is 12.1 Å². The zero-order valence-corrected chi connectivity index (χ0v) is 26.7. The second-order valence-electron chi connectivity index (χ2n) is 11.5. The minimum Gasteiger partial charge on any atom is -0.496 e. The van der Waals surface area contributed by atoms with Crippen LogP contribution >= 0.6 is 0 Å². The lowest BCUT2D eigenvalue weighted by atomic mass is 9.87. The van der Waals surface area contributed by atoms with Gasteiger partial charge in [-0.15, -0.1) is 0 Å². The van der Waals surface area contributed by atoms with Gasteiger partial charge in [0.25, 0.3) is 5.91 Å².